The van der Waals surface area contributed by atoms with E-state index in [-0.39, 0.29) is 22.3 Å². The monoisotopic (exact) mass is 395 g/mol. The highest BCUT2D eigenvalue weighted by Crippen LogP contribution is 2.27. The molecular formula is C20H14ClN3O4. The molecule has 0 atom stereocenters. The Morgan fingerprint density at radius 2 is 1.43 bits per heavy atom. The lowest BCUT2D eigenvalue weighted by Gasteiger charge is -2.09. The molecule has 2 amide bonds. The summed E-state index contributed by atoms with van der Waals surface area (Å²) in [5.41, 5.74) is 1.31. The van der Waals surface area contributed by atoms with Crippen LogP contribution in [-0.4, -0.2) is 16.7 Å². The van der Waals surface area contributed by atoms with Crippen molar-refractivity contribution in [1.82, 2.24) is 0 Å². The number of nitrogens with zero attached hydrogens (tertiary/aromatic N) is 1. The number of benzene rings is 3. The normalized spacial score (nSPS) is 10.2. The number of rotatable bonds is 5. The summed E-state index contributed by atoms with van der Waals surface area (Å²) in [6, 6.07) is 18.8. The van der Waals surface area contributed by atoms with Crippen LogP contribution in [0, 0.1) is 10.1 Å². The standard InChI is InChI=1S/C20H14ClN3O4/c21-17-11-10-16(24(27)28)12-18(17)23-20(26)14-6-8-15(9-7-14)22-19(25)13-4-2-1-3-5-13/h1-12H,(H,22,25)(H,23,26). The number of amides is 2. The third-order valence-electron chi connectivity index (χ3n) is 3.85. The van der Waals surface area contributed by atoms with E-state index in [1.165, 1.54) is 30.3 Å². The summed E-state index contributed by atoms with van der Waals surface area (Å²) in [6.07, 6.45) is 0. The highest BCUT2D eigenvalue weighted by molar-refractivity contribution is 6.34. The number of hydrogen-bond donors (Lipinski definition) is 2. The summed E-state index contributed by atoms with van der Waals surface area (Å²) in [5.74, 6) is -0.746. The van der Waals surface area contributed by atoms with Crippen molar-refractivity contribution in [2.45, 2.75) is 0 Å². The maximum Gasteiger partial charge on any atom is 0.271 e. The second-order valence-electron chi connectivity index (χ2n) is 5.77. The fourth-order valence-electron chi connectivity index (χ4n) is 2.41. The lowest BCUT2D eigenvalue weighted by Crippen LogP contribution is -2.14. The average molecular weight is 396 g/mol. The Bertz CT molecular complexity index is 1040. The minimum atomic E-state index is -0.573. The number of halogens is 1. The largest absolute Gasteiger partial charge is 0.322 e. The second-order valence-corrected chi connectivity index (χ2v) is 6.18. The van der Waals surface area contributed by atoms with E-state index in [4.69, 9.17) is 11.6 Å². The van der Waals surface area contributed by atoms with Crippen LogP contribution in [0.2, 0.25) is 5.02 Å². The molecule has 7 nitrogen and oxygen atoms in total. The van der Waals surface area contributed by atoms with Gasteiger partial charge in [0.05, 0.1) is 15.6 Å². The number of hydrogen-bond acceptors (Lipinski definition) is 4. The molecule has 0 radical (unpaired) electrons. The van der Waals surface area contributed by atoms with Crippen molar-refractivity contribution in [3.05, 3.63) is 99.1 Å². The quantitative estimate of drug-likeness (QED) is 0.480. The first kappa shape index (κ1) is 19.1. The van der Waals surface area contributed by atoms with Crippen molar-refractivity contribution in [2.24, 2.45) is 0 Å². The van der Waals surface area contributed by atoms with Gasteiger partial charge in [-0.25, -0.2) is 0 Å². The summed E-state index contributed by atoms with van der Waals surface area (Å²) in [5, 5.41) is 16.3. The molecule has 3 aromatic carbocycles. The van der Waals surface area contributed by atoms with Gasteiger partial charge in [0, 0.05) is 28.9 Å². The minimum Gasteiger partial charge on any atom is -0.322 e. The zero-order valence-corrected chi connectivity index (χ0v) is 15.1. The fourth-order valence-corrected chi connectivity index (χ4v) is 2.58. The van der Waals surface area contributed by atoms with Crippen LogP contribution in [0.5, 0.6) is 0 Å². The van der Waals surface area contributed by atoms with Gasteiger partial charge in [-0.15, -0.1) is 0 Å². The Labute approximate surface area is 165 Å². The van der Waals surface area contributed by atoms with Crippen LogP contribution in [-0.2, 0) is 0 Å². The van der Waals surface area contributed by atoms with Gasteiger partial charge < -0.3 is 10.6 Å². The highest BCUT2D eigenvalue weighted by Gasteiger charge is 2.13. The predicted octanol–water partition coefficient (Wildman–Crippen LogP) is 4.75. The smallest absolute Gasteiger partial charge is 0.271 e. The second kappa shape index (κ2) is 8.32. The Balaban J connectivity index is 1.70. The summed E-state index contributed by atoms with van der Waals surface area (Å²) in [6.45, 7) is 0. The van der Waals surface area contributed by atoms with Crippen LogP contribution in [0.25, 0.3) is 0 Å². The van der Waals surface area contributed by atoms with Crippen LogP contribution in [0.4, 0.5) is 17.1 Å². The molecule has 2 N–H and O–H groups in total. The van der Waals surface area contributed by atoms with E-state index in [9.17, 15) is 19.7 Å². The number of nitrogens with one attached hydrogen (secondary N) is 2. The molecule has 0 unspecified atom stereocenters. The maximum absolute atomic E-state index is 12.4. The first-order valence-corrected chi connectivity index (χ1v) is 8.53. The molecule has 8 heteroatoms. The van der Waals surface area contributed by atoms with Gasteiger partial charge in [-0.2, -0.15) is 0 Å². The third kappa shape index (κ3) is 4.52. The molecule has 0 saturated carbocycles. The van der Waals surface area contributed by atoms with E-state index in [0.717, 1.165) is 0 Å². The highest BCUT2D eigenvalue weighted by atomic mass is 35.5. The van der Waals surface area contributed by atoms with Gasteiger partial charge in [0.1, 0.15) is 0 Å². The molecule has 0 aliphatic carbocycles. The van der Waals surface area contributed by atoms with Crippen LogP contribution in [0.15, 0.2) is 72.8 Å². The predicted molar refractivity (Wildman–Crippen MR) is 107 cm³/mol. The molecule has 0 heterocycles. The first-order chi connectivity index (χ1) is 13.4. The number of carbonyl (C=O) groups excluding carboxylic acids is 2. The summed E-state index contributed by atoms with van der Waals surface area (Å²) < 4.78 is 0. The van der Waals surface area contributed by atoms with E-state index in [1.807, 2.05) is 6.07 Å². The summed E-state index contributed by atoms with van der Waals surface area (Å²) in [7, 11) is 0. The number of nitro groups is 1. The molecule has 0 saturated heterocycles. The molecule has 28 heavy (non-hydrogen) atoms. The molecule has 0 bridgehead atoms. The molecule has 0 aromatic heterocycles. The van der Waals surface area contributed by atoms with E-state index in [1.54, 1.807) is 36.4 Å². The molecule has 3 rings (SSSR count). The number of non-ortho nitro benzene ring substituents is 1. The zero-order valence-electron chi connectivity index (χ0n) is 14.4. The maximum atomic E-state index is 12.4. The molecule has 0 spiro atoms. The van der Waals surface area contributed by atoms with Gasteiger partial charge in [0.2, 0.25) is 0 Å². The van der Waals surface area contributed by atoms with Gasteiger partial charge in [-0.05, 0) is 42.5 Å². The van der Waals surface area contributed by atoms with Crippen LogP contribution >= 0.6 is 11.6 Å². The van der Waals surface area contributed by atoms with Crippen molar-refractivity contribution in [1.29, 1.82) is 0 Å². The number of nitro benzene ring substituents is 1. The zero-order chi connectivity index (χ0) is 20.1. The van der Waals surface area contributed by atoms with Crippen molar-refractivity contribution >= 4 is 40.5 Å². The molecule has 0 fully saturated rings. The van der Waals surface area contributed by atoms with Crippen molar-refractivity contribution < 1.29 is 14.5 Å². The summed E-state index contributed by atoms with van der Waals surface area (Å²) in [4.78, 5) is 34.8. The van der Waals surface area contributed by atoms with Gasteiger partial charge in [-0.1, -0.05) is 29.8 Å². The minimum absolute atomic E-state index is 0.141. The Hall–Kier alpha value is -3.71. The average Bonchev–Trinajstić information content (AvgIpc) is 2.70. The third-order valence-corrected chi connectivity index (χ3v) is 4.18. The van der Waals surface area contributed by atoms with Crippen molar-refractivity contribution in [2.75, 3.05) is 10.6 Å². The van der Waals surface area contributed by atoms with Crippen molar-refractivity contribution in [3.8, 4) is 0 Å². The van der Waals surface area contributed by atoms with Gasteiger partial charge in [0.25, 0.3) is 17.5 Å². The van der Waals surface area contributed by atoms with Gasteiger partial charge in [-0.3, -0.25) is 19.7 Å². The van der Waals surface area contributed by atoms with Crippen LogP contribution in [0.1, 0.15) is 20.7 Å². The number of anilines is 2. The molecule has 140 valence electrons. The molecular weight excluding hydrogens is 382 g/mol. The van der Waals surface area contributed by atoms with Crippen LogP contribution in [0.3, 0.4) is 0 Å². The fraction of sp³-hybridized carbons (Fsp3) is 0. The SMILES string of the molecule is O=C(Nc1ccc(C(=O)Nc2cc([N+](=O)[O-])ccc2Cl)cc1)c1ccccc1. The van der Waals surface area contributed by atoms with Gasteiger partial charge in [0.15, 0.2) is 0 Å². The molecule has 0 aliphatic heterocycles. The van der Waals surface area contributed by atoms with Crippen LogP contribution < -0.4 is 10.6 Å². The van der Waals surface area contributed by atoms with E-state index >= 15 is 0 Å². The molecule has 0 aliphatic rings. The summed E-state index contributed by atoms with van der Waals surface area (Å²) >= 11 is 5.99. The van der Waals surface area contributed by atoms with E-state index in [2.05, 4.69) is 10.6 Å². The van der Waals surface area contributed by atoms with E-state index < -0.39 is 10.8 Å². The van der Waals surface area contributed by atoms with Gasteiger partial charge >= 0.3 is 0 Å². The Morgan fingerprint density at radius 3 is 2.07 bits per heavy atom. The lowest BCUT2D eigenvalue weighted by atomic mass is 10.1. The molecule has 3 aromatic rings. The van der Waals surface area contributed by atoms with E-state index in [0.29, 0.717) is 16.8 Å². The first-order valence-electron chi connectivity index (χ1n) is 8.16. The topological polar surface area (TPSA) is 101 Å². The Kier molecular flexibility index (Phi) is 5.67. The number of carbonyl (C=O) groups is 2. The lowest BCUT2D eigenvalue weighted by molar-refractivity contribution is -0.384. The van der Waals surface area contributed by atoms with Crippen molar-refractivity contribution in [3.63, 3.8) is 0 Å². The Morgan fingerprint density at radius 1 is 0.821 bits per heavy atom.